The van der Waals surface area contributed by atoms with Gasteiger partial charge in [0, 0.05) is 35.2 Å². The van der Waals surface area contributed by atoms with Crippen molar-refractivity contribution in [3.8, 4) is 11.1 Å². The van der Waals surface area contributed by atoms with E-state index in [9.17, 15) is 27.9 Å². The van der Waals surface area contributed by atoms with Gasteiger partial charge >= 0.3 is 12.1 Å². The van der Waals surface area contributed by atoms with Crippen LogP contribution in [0.15, 0.2) is 108 Å². The van der Waals surface area contributed by atoms with Crippen LogP contribution in [0, 0.1) is 5.92 Å². The number of halogens is 3. The molecular formula is C39H39F3N2O5S. The van der Waals surface area contributed by atoms with Gasteiger partial charge in [0.1, 0.15) is 6.04 Å². The predicted octanol–water partition coefficient (Wildman–Crippen LogP) is 7.60. The van der Waals surface area contributed by atoms with E-state index in [1.807, 2.05) is 91.0 Å². The van der Waals surface area contributed by atoms with Crippen molar-refractivity contribution in [3.05, 3.63) is 125 Å². The molecule has 0 radical (unpaired) electrons. The van der Waals surface area contributed by atoms with Gasteiger partial charge in [-0.05, 0) is 58.9 Å². The van der Waals surface area contributed by atoms with E-state index in [2.05, 4.69) is 24.4 Å². The molecule has 11 heteroatoms. The third kappa shape index (κ3) is 8.40. The van der Waals surface area contributed by atoms with E-state index in [0.29, 0.717) is 11.3 Å². The Hall–Kier alpha value is -4.16. The summed E-state index contributed by atoms with van der Waals surface area (Å²) in [7, 11) is 0. The first-order chi connectivity index (χ1) is 24.1. The maximum Gasteiger partial charge on any atom is 0.471 e. The number of thioether (sulfide) groups is 1. The topological polar surface area (TPSA) is 88.1 Å². The van der Waals surface area contributed by atoms with Crippen LogP contribution in [0.5, 0.6) is 0 Å². The molecule has 0 spiro atoms. The summed E-state index contributed by atoms with van der Waals surface area (Å²) in [5, 5.41) is 12.3. The summed E-state index contributed by atoms with van der Waals surface area (Å²) in [5.74, 6) is -1.77. The lowest BCUT2D eigenvalue weighted by atomic mass is 9.91. The Morgan fingerprint density at radius 3 is 2.30 bits per heavy atom. The van der Waals surface area contributed by atoms with Gasteiger partial charge in [-0.1, -0.05) is 91.9 Å². The van der Waals surface area contributed by atoms with E-state index in [1.54, 1.807) is 11.8 Å². The number of hydrogen-bond donors (Lipinski definition) is 2. The number of aliphatic hydroxyl groups excluding tert-OH is 1. The Kier molecular flexibility index (Phi) is 11.3. The van der Waals surface area contributed by atoms with Crippen molar-refractivity contribution in [1.29, 1.82) is 0 Å². The molecular weight excluding hydrogens is 665 g/mol. The molecule has 4 aromatic carbocycles. The Bertz CT molecular complexity index is 1750. The summed E-state index contributed by atoms with van der Waals surface area (Å²) < 4.78 is 52.2. The molecule has 2 aliphatic rings. The van der Waals surface area contributed by atoms with Crippen LogP contribution < -0.4 is 5.32 Å². The van der Waals surface area contributed by atoms with Crippen molar-refractivity contribution in [3.63, 3.8) is 0 Å². The molecule has 4 aromatic rings. The zero-order valence-electron chi connectivity index (χ0n) is 27.5. The van der Waals surface area contributed by atoms with Gasteiger partial charge in [0.25, 0.3) is 0 Å². The first kappa shape index (κ1) is 35.7. The third-order valence-corrected chi connectivity index (χ3v) is 10.4. The molecule has 0 aromatic heterocycles. The number of carbonyl (C=O) groups is 2. The second-order valence-corrected chi connectivity index (χ2v) is 13.7. The average molecular weight is 705 g/mol. The lowest BCUT2D eigenvalue weighted by molar-refractivity contribution is -0.268. The number of nitrogens with zero attached hydrogens (tertiary/aromatic N) is 1. The Labute approximate surface area is 293 Å². The van der Waals surface area contributed by atoms with E-state index in [4.69, 9.17) is 9.47 Å². The van der Waals surface area contributed by atoms with Gasteiger partial charge in [-0.15, -0.1) is 11.8 Å². The molecule has 2 amide bonds. The second-order valence-electron chi connectivity index (χ2n) is 12.6. The van der Waals surface area contributed by atoms with Crippen LogP contribution >= 0.6 is 11.8 Å². The molecule has 5 atom stereocenters. The van der Waals surface area contributed by atoms with Crippen LogP contribution in [0.3, 0.4) is 0 Å². The van der Waals surface area contributed by atoms with Gasteiger partial charge in [-0.25, -0.2) is 0 Å². The van der Waals surface area contributed by atoms with Crippen molar-refractivity contribution >= 4 is 23.6 Å². The van der Waals surface area contributed by atoms with E-state index < -0.39 is 30.3 Å². The molecule has 0 aliphatic carbocycles. The van der Waals surface area contributed by atoms with Crippen molar-refractivity contribution in [2.24, 2.45) is 5.92 Å². The van der Waals surface area contributed by atoms with Gasteiger partial charge in [-0.2, -0.15) is 13.2 Å². The minimum Gasteiger partial charge on any atom is -0.392 e. The maximum absolute atomic E-state index is 13.0. The molecule has 0 saturated carbocycles. The molecule has 0 unspecified atom stereocenters. The second kappa shape index (κ2) is 15.8. The van der Waals surface area contributed by atoms with E-state index in [-0.39, 0.29) is 44.2 Å². The summed E-state index contributed by atoms with van der Waals surface area (Å²) in [6.07, 6.45) is -5.42. The molecule has 2 fully saturated rings. The molecule has 2 aliphatic heterocycles. The van der Waals surface area contributed by atoms with E-state index in [0.717, 1.165) is 39.1 Å². The van der Waals surface area contributed by atoms with Crippen molar-refractivity contribution in [2.45, 2.75) is 68.5 Å². The number of carbonyl (C=O) groups excluding carboxylic acids is 2. The molecule has 7 nitrogen and oxygen atoms in total. The van der Waals surface area contributed by atoms with Crippen LogP contribution in [-0.2, 0) is 32.2 Å². The van der Waals surface area contributed by atoms with Crippen LogP contribution in [0.1, 0.15) is 54.4 Å². The zero-order chi connectivity index (χ0) is 35.3. The minimum absolute atomic E-state index is 0.0277. The Morgan fingerprint density at radius 2 is 1.60 bits per heavy atom. The Morgan fingerprint density at radius 1 is 0.880 bits per heavy atom. The predicted molar refractivity (Wildman–Crippen MR) is 185 cm³/mol. The lowest BCUT2D eigenvalue weighted by Crippen LogP contribution is -2.50. The monoisotopic (exact) mass is 704 g/mol. The number of benzene rings is 4. The van der Waals surface area contributed by atoms with Gasteiger partial charge in [0.05, 0.1) is 18.8 Å². The highest BCUT2D eigenvalue weighted by Crippen LogP contribution is 2.43. The van der Waals surface area contributed by atoms with Crippen molar-refractivity contribution in [1.82, 2.24) is 10.2 Å². The number of ether oxygens (including phenoxy) is 2. The number of nitrogens with one attached hydrogen (secondary N) is 1. The first-order valence-corrected chi connectivity index (χ1v) is 17.6. The summed E-state index contributed by atoms with van der Waals surface area (Å²) in [4.78, 5) is 26.4. The molecule has 6 rings (SSSR count). The summed E-state index contributed by atoms with van der Waals surface area (Å²) >= 11 is 1.74. The fourth-order valence-corrected chi connectivity index (χ4v) is 7.54. The fraction of sp³-hybridized carbons (Fsp3) is 0.333. The standard InChI is InChI=1S/C39H39F3N2O5S/c1-25-34(24-50-32-9-3-2-4-10-32)48-37(49-35(25)29-14-12-26(23-45)13-15-29)30-18-16-28(17-19-30)31-8-5-7-27(21-31)22-43-36(46)33-11-6-20-44(33)38(47)39(40,41)42/h2-5,7-10,12-19,21,25,33-35,37,45H,6,11,20,22-24H2,1H3,(H,43,46)/t25-,33+,34+,35+,37+/m1/s1. The molecule has 2 heterocycles. The highest BCUT2D eigenvalue weighted by atomic mass is 32.2. The lowest BCUT2D eigenvalue weighted by Gasteiger charge is -2.41. The first-order valence-electron chi connectivity index (χ1n) is 16.6. The summed E-state index contributed by atoms with van der Waals surface area (Å²) in [6.45, 7) is 2.13. The SMILES string of the molecule is C[C@@H]1[C@H](CSc2ccccc2)O[C@H](c2ccc(-c3cccc(CNC(=O)[C@@H]4CCCN4C(=O)C(F)(F)F)c3)cc2)O[C@@H]1c1ccc(CO)cc1. The van der Waals surface area contributed by atoms with Gasteiger partial charge < -0.3 is 24.8 Å². The average Bonchev–Trinajstić information content (AvgIpc) is 3.63. The Balaban J connectivity index is 1.14. The van der Waals surface area contributed by atoms with Gasteiger partial charge in [0.15, 0.2) is 6.29 Å². The highest BCUT2D eigenvalue weighted by molar-refractivity contribution is 7.99. The fourth-order valence-electron chi connectivity index (χ4n) is 6.45. The minimum atomic E-state index is -5.02. The number of aliphatic hydroxyl groups is 1. The normalized spacial score (nSPS) is 22.3. The van der Waals surface area contributed by atoms with E-state index in [1.165, 1.54) is 4.90 Å². The summed E-state index contributed by atoms with van der Waals surface area (Å²) in [6, 6.07) is 32.4. The number of likely N-dealkylation sites (tertiary alicyclic amines) is 1. The van der Waals surface area contributed by atoms with Crippen LogP contribution in [-0.4, -0.2) is 52.4 Å². The number of alkyl halides is 3. The van der Waals surface area contributed by atoms with Crippen molar-refractivity contribution < 1.29 is 37.3 Å². The van der Waals surface area contributed by atoms with E-state index >= 15 is 0 Å². The third-order valence-electron chi connectivity index (χ3n) is 9.25. The maximum atomic E-state index is 13.0. The number of amides is 2. The largest absolute Gasteiger partial charge is 0.471 e. The highest BCUT2D eigenvalue weighted by Gasteiger charge is 2.47. The quantitative estimate of drug-likeness (QED) is 0.166. The number of hydrogen-bond acceptors (Lipinski definition) is 6. The molecule has 0 bridgehead atoms. The van der Waals surface area contributed by atoms with Gasteiger partial charge in [0.2, 0.25) is 5.91 Å². The summed E-state index contributed by atoms with van der Waals surface area (Å²) in [5.41, 5.74) is 5.32. The molecule has 50 heavy (non-hydrogen) atoms. The van der Waals surface area contributed by atoms with Crippen LogP contribution in [0.4, 0.5) is 13.2 Å². The molecule has 262 valence electrons. The zero-order valence-corrected chi connectivity index (χ0v) is 28.3. The van der Waals surface area contributed by atoms with Crippen LogP contribution in [0.2, 0.25) is 0 Å². The van der Waals surface area contributed by atoms with Crippen LogP contribution in [0.25, 0.3) is 11.1 Å². The molecule has 2 N–H and O–H groups in total. The van der Waals surface area contributed by atoms with Gasteiger partial charge in [-0.3, -0.25) is 9.59 Å². The molecule has 2 saturated heterocycles. The number of rotatable bonds is 10. The van der Waals surface area contributed by atoms with Crippen molar-refractivity contribution in [2.75, 3.05) is 12.3 Å². The smallest absolute Gasteiger partial charge is 0.392 e.